The van der Waals surface area contributed by atoms with Crippen LogP contribution in [-0.2, 0) is 14.3 Å². The molecule has 2 aliphatic rings. The Morgan fingerprint density at radius 3 is 2.33 bits per heavy atom. The first-order valence-electron chi connectivity index (χ1n) is 7.56. The van der Waals surface area contributed by atoms with E-state index in [2.05, 4.69) is 0 Å². The molecule has 120 valence electrons. The molecule has 21 heavy (non-hydrogen) atoms. The number of likely N-dealkylation sites (tertiary alicyclic amines) is 1. The summed E-state index contributed by atoms with van der Waals surface area (Å²) in [7, 11) is 0. The molecule has 0 aromatic rings. The van der Waals surface area contributed by atoms with Gasteiger partial charge < -0.3 is 19.5 Å². The highest BCUT2D eigenvalue weighted by Crippen LogP contribution is 2.36. The van der Waals surface area contributed by atoms with Gasteiger partial charge in [-0.15, -0.1) is 0 Å². The van der Waals surface area contributed by atoms with E-state index in [-0.39, 0.29) is 12.5 Å². The van der Waals surface area contributed by atoms with Crippen LogP contribution < -0.4 is 0 Å². The van der Waals surface area contributed by atoms with Crippen LogP contribution in [0.3, 0.4) is 0 Å². The Morgan fingerprint density at radius 2 is 1.81 bits per heavy atom. The van der Waals surface area contributed by atoms with E-state index in [1.807, 2.05) is 20.8 Å². The summed E-state index contributed by atoms with van der Waals surface area (Å²) in [5, 5.41) is 9.44. The van der Waals surface area contributed by atoms with Gasteiger partial charge in [0.05, 0.1) is 5.92 Å². The molecule has 2 saturated heterocycles. The van der Waals surface area contributed by atoms with E-state index in [1.165, 1.54) is 0 Å². The second-order valence-electron chi connectivity index (χ2n) is 6.94. The van der Waals surface area contributed by atoms with Gasteiger partial charge in [-0.2, -0.15) is 0 Å². The highest BCUT2D eigenvalue weighted by Gasteiger charge is 2.44. The third-order valence-corrected chi connectivity index (χ3v) is 4.21. The average Bonchev–Trinajstić information content (AvgIpc) is 2.83. The van der Waals surface area contributed by atoms with E-state index in [0.29, 0.717) is 25.7 Å². The Hall–Kier alpha value is -1.30. The molecule has 2 heterocycles. The third kappa shape index (κ3) is 4.09. The van der Waals surface area contributed by atoms with Crippen LogP contribution in [0.25, 0.3) is 0 Å². The molecule has 0 aromatic heterocycles. The predicted octanol–water partition coefficient (Wildman–Crippen LogP) is 1.98. The number of carbonyl (C=O) groups excluding carboxylic acids is 1. The second-order valence-corrected chi connectivity index (χ2v) is 6.94. The van der Waals surface area contributed by atoms with Crippen molar-refractivity contribution in [3.05, 3.63) is 0 Å². The molecule has 0 bridgehead atoms. The van der Waals surface area contributed by atoms with E-state index >= 15 is 0 Å². The summed E-state index contributed by atoms with van der Waals surface area (Å²) in [4.78, 5) is 25.2. The molecule has 0 aliphatic carbocycles. The topological polar surface area (TPSA) is 76.1 Å². The minimum atomic E-state index is -0.822. The molecule has 2 atom stereocenters. The summed E-state index contributed by atoms with van der Waals surface area (Å²) in [5.41, 5.74) is -0.563. The molecule has 2 rings (SSSR count). The maximum Gasteiger partial charge on any atom is 0.410 e. The van der Waals surface area contributed by atoms with Gasteiger partial charge in [-0.1, -0.05) is 0 Å². The van der Waals surface area contributed by atoms with E-state index < -0.39 is 23.6 Å². The van der Waals surface area contributed by atoms with Crippen LogP contribution >= 0.6 is 0 Å². The molecule has 2 fully saturated rings. The first kappa shape index (κ1) is 16.1. The van der Waals surface area contributed by atoms with Crippen molar-refractivity contribution in [2.75, 3.05) is 26.3 Å². The molecule has 0 saturated carbocycles. The summed E-state index contributed by atoms with van der Waals surface area (Å²) in [6, 6.07) is 0. The molecule has 2 aliphatic heterocycles. The van der Waals surface area contributed by atoms with E-state index in [1.54, 1.807) is 4.90 Å². The Kier molecular flexibility index (Phi) is 4.76. The zero-order chi connectivity index (χ0) is 15.6. The van der Waals surface area contributed by atoms with Crippen LogP contribution in [-0.4, -0.2) is 54.0 Å². The Bertz CT molecular complexity index is 397. The number of hydrogen-bond acceptors (Lipinski definition) is 4. The van der Waals surface area contributed by atoms with Crippen LogP contribution in [0.15, 0.2) is 0 Å². The minimum absolute atomic E-state index is 0.00100. The van der Waals surface area contributed by atoms with Crippen molar-refractivity contribution >= 4 is 12.1 Å². The van der Waals surface area contributed by atoms with Gasteiger partial charge in [0, 0.05) is 26.3 Å². The van der Waals surface area contributed by atoms with Gasteiger partial charge in [-0.3, -0.25) is 4.79 Å². The van der Waals surface area contributed by atoms with E-state index in [4.69, 9.17) is 9.47 Å². The first-order valence-corrected chi connectivity index (χ1v) is 7.56. The van der Waals surface area contributed by atoms with Gasteiger partial charge in [0.15, 0.2) is 0 Å². The summed E-state index contributed by atoms with van der Waals surface area (Å²) in [6.45, 7) is 7.51. The zero-order valence-corrected chi connectivity index (χ0v) is 13.0. The molecule has 0 spiro atoms. The summed E-state index contributed by atoms with van der Waals surface area (Å²) >= 11 is 0. The normalized spacial score (nSPS) is 27.7. The lowest BCUT2D eigenvalue weighted by Crippen LogP contribution is -2.36. The summed E-state index contributed by atoms with van der Waals surface area (Å²) in [5.74, 6) is -1.01. The van der Waals surface area contributed by atoms with Gasteiger partial charge in [-0.05, 0) is 45.4 Å². The molecule has 0 radical (unpaired) electrons. The largest absolute Gasteiger partial charge is 0.481 e. The Balaban J connectivity index is 2.04. The smallest absolute Gasteiger partial charge is 0.410 e. The zero-order valence-electron chi connectivity index (χ0n) is 13.0. The van der Waals surface area contributed by atoms with Crippen molar-refractivity contribution in [3.63, 3.8) is 0 Å². The number of aliphatic carboxylic acids is 1. The first-order chi connectivity index (χ1) is 9.78. The van der Waals surface area contributed by atoms with Crippen molar-refractivity contribution in [1.82, 2.24) is 4.90 Å². The van der Waals surface area contributed by atoms with Crippen LogP contribution in [0.4, 0.5) is 4.79 Å². The Morgan fingerprint density at radius 1 is 1.19 bits per heavy atom. The minimum Gasteiger partial charge on any atom is -0.481 e. The highest BCUT2D eigenvalue weighted by atomic mass is 16.6. The number of ether oxygens (including phenoxy) is 2. The van der Waals surface area contributed by atoms with Gasteiger partial charge >= 0.3 is 12.1 Å². The van der Waals surface area contributed by atoms with Crippen LogP contribution in [0.1, 0.15) is 33.6 Å². The van der Waals surface area contributed by atoms with E-state index in [9.17, 15) is 14.7 Å². The maximum atomic E-state index is 12.1. The van der Waals surface area contributed by atoms with Crippen LogP contribution in [0.2, 0.25) is 0 Å². The standard InChI is InChI=1S/C15H25NO5/c1-15(2,3)21-14(19)16-8-11(12(9-16)13(17)18)10-4-6-20-7-5-10/h10-12H,4-9H2,1-3H3,(H,17,18)/t11-,12+/m1/s1. The molecular formula is C15H25NO5. The molecule has 6 heteroatoms. The number of nitrogens with zero attached hydrogens (tertiary/aromatic N) is 1. The third-order valence-electron chi connectivity index (χ3n) is 4.21. The quantitative estimate of drug-likeness (QED) is 0.843. The van der Waals surface area contributed by atoms with Crippen molar-refractivity contribution in [2.24, 2.45) is 17.8 Å². The van der Waals surface area contributed by atoms with Crippen molar-refractivity contribution in [1.29, 1.82) is 0 Å². The monoisotopic (exact) mass is 299 g/mol. The predicted molar refractivity (Wildman–Crippen MR) is 76.0 cm³/mol. The summed E-state index contributed by atoms with van der Waals surface area (Å²) < 4.78 is 10.7. The molecule has 0 aromatic carbocycles. The molecule has 1 amide bonds. The van der Waals surface area contributed by atoms with Crippen molar-refractivity contribution < 1.29 is 24.2 Å². The van der Waals surface area contributed by atoms with Crippen LogP contribution in [0, 0.1) is 17.8 Å². The SMILES string of the molecule is CC(C)(C)OC(=O)N1C[C@H](C(=O)O)[C@@H](C2CCOCC2)C1. The maximum absolute atomic E-state index is 12.1. The number of carboxylic acid groups (broad SMARTS) is 1. The highest BCUT2D eigenvalue weighted by molar-refractivity contribution is 5.74. The number of carboxylic acids is 1. The molecule has 0 unspecified atom stereocenters. The van der Waals surface area contributed by atoms with E-state index in [0.717, 1.165) is 12.8 Å². The fraction of sp³-hybridized carbons (Fsp3) is 0.867. The Labute approximate surface area is 125 Å². The van der Waals surface area contributed by atoms with Gasteiger partial charge in [0.2, 0.25) is 0 Å². The summed E-state index contributed by atoms with van der Waals surface area (Å²) in [6.07, 6.45) is 1.33. The van der Waals surface area contributed by atoms with Crippen molar-refractivity contribution in [3.8, 4) is 0 Å². The lowest BCUT2D eigenvalue weighted by molar-refractivity contribution is -0.143. The fourth-order valence-corrected chi connectivity index (χ4v) is 3.19. The number of amides is 1. The lowest BCUT2D eigenvalue weighted by atomic mass is 9.80. The average molecular weight is 299 g/mol. The van der Waals surface area contributed by atoms with Crippen molar-refractivity contribution in [2.45, 2.75) is 39.2 Å². The molecule has 6 nitrogen and oxygen atoms in total. The number of carbonyl (C=O) groups is 2. The number of rotatable bonds is 2. The second kappa shape index (κ2) is 6.22. The van der Waals surface area contributed by atoms with Crippen LogP contribution in [0.5, 0.6) is 0 Å². The van der Waals surface area contributed by atoms with Gasteiger partial charge in [0.1, 0.15) is 5.60 Å². The van der Waals surface area contributed by atoms with Gasteiger partial charge in [0.25, 0.3) is 0 Å². The molecular weight excluding hydrogens is 274 g/mol. The number of hydrogen-bond donors (Lipinski definition) is 1. The fourth-order valence-electron chi connectivity index (χ4n) is 3.19. The molecule has 1 N–H and O–H groups in total. The van der Waals surface area contributed by atoms with Gasteiger partial charge in [-0.25, -0.2) is 4.79 Å². The lowest BCUT2D eigenvalue weighted by Gasteiger charge is -2.29.